The van der Waals surface area contributed by atoms with E-state index in [2.05, 4.69) is 5.32 Å². The van der Waals surface area contributed by atoms with Gasteiger partial charge in [0, 0.05) is 13.1 Å². The second-order valence-corrected chi connectivity index (χ2v) is 6.07. The van der Waals surface area contributed by atoms with Crippen LogP contribution in [-0.2, 0) is 9.53 Å². The number of primary amides is 1. The SMILES string of the molecule is NC(=O)NC(=O)[C@H](c1ccccc1)N1CCO[C@H](c2ccc(F)cc2)C1. The fourth-order valence-corrected chi connectivity index (χ4v) is 3.14. The summed E-state index contributed by atoms with van der Waals surface area (Å²) in [6.45, 7) is 1.36. The van der Waals surface area contributed by atoms with E-state index >= 15 is 0 Å². The third kappa shape index (κ3) is 4.25. The van der Waals surface area contributed by atoms with Crippen molar-refractivity contribution in [2.75, 3.05) is 19.7 Å². The molecule has 0 aromatic heterocycles. The minimum absolute atomic E-state index is 0.294. The first-order valence-electron chi connectivity index (χ1n) is 8.31. The number of hydrogen-bond donors (Lipinski definition) is 2. The van der Waals surface area contributed by atoms with Gasteiger partial charge >= 0.3 is 6.03 Å². The van der Waals surface area contributed by atoms with Crippen LogP contribution in [-0.4, -0.2) is 36.5 Å². The van der Waals surface area contributed by atoms with Gasteiger partial charge in [0.15, 0.2) is 0 Å². The van der Waals surface area contributed by atoms with E-state index in [1.54, 1.807) is 12.1 Å². The first-order chi connectivity index (χ1) is 12.5. The zero-order chi connectivity index (χ0) is 18.5. The summed E-state index contributed by atoms with van der Waals surface area (Å²) in [6.07, 6.45) is -0.294. The van der Waals surface area contributed by atoms with Gasteiger partial charge < -0.3 is 10.5 Å². The van der Waals surface area contributed by atoms with E-state index in [0.29, 0.717) is 19.7 Å². The van der Waals surface area contributed by atoms with Gasteiger partial charge in [-0.2, -0.15) is 0 Å². The van der Waals surface area contributed by atoms with Gasteiger partial charge in [-0.1, -0.05) is 42.5 Å². The van der Waals surface area contributed by atoms with Crippen molar-refractivity contribution in [3.05, 3.63) is 71.5 Å². The minimum Gasteiger partial charge on any atom is -0.371 e. The number of amides is 3. The average molecular weight is 357 g/mol. The molecule has 1 fully saturated rings. The lowest BCUT2D eigenvalue weighted by Gasteiger charge is -2.37. The van der Waals surface area contributed by atoms with Crippen molar-refractivity contribution < 1.29 is 18.7 Å². The van der Waals surface area contributed by atoms with Crippen LogP contribution < -0.4 is 11.1 Å². The molecule has 7 heteroatoms. The topological polar surface area (TPSA) is 84.7 Å². The van der Waals surface area contributed by atoms with Crippen molar-refractivity contribution in [3.8, 4) is 0 Å². The molecule has 2 aromatic carbocycles. The Morgan fingerprint density at radius 2 is 1.85 bits per heavy atom. The van der Waals surface area contributed by atoms with Gasteiger partial charge in [0.05, 0.1) is 12.7 Å². The molecule has 1 saturated heterocycles. The van der Waals surface area contributed by atoms with Crippen LogP contribution in [0.5, 0.6) is 0 Å². The number of ether oxygens (including phenoxy) is 1. The Kier molecular flexibility index (Phi) is 5.60. The molecule has 6 nitrogen and oxygen atoms in total. The van der Waals surface area contributed by atoms with Gasteiger partial charge in [0.25, 0.3) is 0 Å². The van der Waals surface area contributed by atoms with E-state index in [-0.39, 0.29) is 11.9 Å². The molecular weight excluding hydrogens is 337 g/mol. The minimum atomic E-state index is -0.890. The van der Waals surface area contributed by atoms with Crippen LogP contribution in [0.25, 0.3) is 0 Å². The molecule has 3 amide bonds. The molecule has 0 aliphatic carbocycles. The zero-order valence-electron chi connectivity index (χ0n) is 14.1. The molecule has 0 saturated carbocycles. The van der Waals surface area contributed by atoms with Gasteiger partial charge in [-0.3, -0.25) is 15.0 Å². The highest BCUT2D eigenvalue weighted by Crippen LogP contribution is 2.29. The number of rotatable bonds is 4. The van der Waals surface area contributed by atoms with Crippen LogP contribution in [0.15, 0.2) is 54.6 Å². The van der Waals surface area contributed by atoms with Crippen molar-refractivity contribution in [2.45, 2.75) is 12.1 Å². The number of hydrogen-bond acceptors (Lipinski definition) is 4. The number of morpholine rings is 1. The lowest BCUT2D eigenvalue weighted by Crippen LogP contribution is -2.48. The molecule has 0 bridgehead atoms. The Hall–Kier alpha value is -2.77. The van der Waals surface area contributed by atoms with E-state index in [9.17, 15) is 14.0 Å². The molecule has 0 spiro atoms. The van der Waals surface area contributed by atoms with Crippen molar-refractivity contribution in [2.24, 2.45) is 5.73 Å². The number of carbonyl (C=O) groups excluding carboxylic acids is 2. The molecule has 0 unspecified atom stereocenters. The maximum Gasteiger partial charge on any atom is 0.318 e. The Balaban J connectivity index is 1.84. The number of nitrogens with two attached hydrogens (primary N) is 1. The standard InChI is InChI=1S/C19H20FN3O3/c20-15-8-6-13(7-9-15)16-12-23(10-11-26-16)17(18(24)22-19(21)25)14-4-2-1-3-5-14/h1-9,16-17H,10-12H2,(H3,21,22,24,25)/t16-,17-/m0/s1. The molecule has 136 valence electrons. The molecule has 2 aromatic rings. The largest absolute Gasteiger partial charge is 0.371 e. The summed E-state index contributed by atoms with van der Waals surface area (Å²) in [7, 11) is 0. The average Bonchev–Trinajstić information content (AvgIpc) is 2.63. The third-order valence-electron chi connectivity index (χ3n) is 4.31. The molecule has 1 aliphatic rings. The maximum absolute atomic E-state index is 13.2. The Morgan fingerprint density at radius 1 is 1.15 bits per heavy atom. The Bertz CT molecular complexity index is 767. The van der Waals surface area contributed by atoms with Crippen LogP contribution in [0.3, 0.4) is 0 Å². The van der Waals surface area contributed by atoms with Gasteiger partial charge in [-0.05, 0) is 23.3 Å². The van der Waals surface area contributed by atoms with Gasteiger partial charge in [0.2, 0.25) is 5.91 Å². The molecular formula is C19H20FN3O3. The first kappa shape index (κ1) is 18.0. The van der Waals surface area contributed by atoms with Crippen molar-refractivity contribution >= 4 is 11.9 Å². The van der Waals surface area contributed by atoms with Gasteiger partial charge in [0.1, 0.15) is 11.9 Å². The van der Waals surface area contributed by atoms with Crippen molar-refractivity contribution in [1.29, 1.82) is 0 Å². The second kappa shape index (κ2) is 8.07. The summed E-state index contributed by atoms with van der Waals surface area (Å²) in [6, 6.07) is 13.7. The highest BCUT2D eigenvalue weighted by Gasteiger charge is 2.33. The lowest BCUT2D eigenvalue weighted by atomic mass is 10.0. The predicted molar refractivity (Wildman–Crippen MR) is 93.6 cm³/mol. The highest BCUT2D eigenvalue weighted by molar-refractivity contribution is 5.96. The number of nitrogens with one attached hydrogen (secondary N) is 1. The lowest BCUT2D eigenvalue weighted by molar-refractivity contribution is -0.129. The van der Waals surface area contributed by atoms with E-state index in [0.717, 1.165) is 11.1 Å². The van der Waals surface area contributed by atoms with Crippen molar-refractivity contribution in [3.63, 3.8) is 0 Å². The van der Waals surface area contributed by atoms with Gasteiger partial charge in [-0.15, -0.1) is 0 Å². The molecule has 26 heavy (non-hydrogen) atoms. The molecule has 2 atom stereocenters. The van der Waals surface area contributed by atoms with E-state index in [4.69, 9.17) is 10.5 Å². The van der Waals surface area contributed by atoms with E-state index < -0.39 is 18.0 Å². The number of carbonyl (C=O) groups is 2. The quantitative estimate of drug-likeness (QED) is 0.878. The van der Waals surface area contributed by atoms with E-state index in [1.165, 1.54) is 12.1 Å². The van der Waals surface area contributed by atoms with Crippen LogP contribution in [0.1, 0.15) is 23.3 Å². The molecule has 0 radical (unpaired) electrons. The van der Waals surface area contributed by atoms with E-state index in [1.807, 2.05) is 35.2 Å². The summed E-state index contributed by atoms with van der Waals surface area (Å²) in [4.78, 5) is 25.7. The fourth-order valence-electron chi connectivity index (χ4n) is 3.14. The first-order valence-corrected chi connectivity index (χ1v) is 8.31. The third-order valence-corrected chi connectivity index (χ3v) is 4.31. The number of imide groups is 1. The summed E-state index contributed by atoms with van der Waals surface area (Å²) >= 11 is 0. The Labute approximate surface area is 150 Å². The summed E-state index contributed by atoms with van der Waals surface area (Å²) in [5.74, 6) is -0.798. The zero-order valence-corrected chi connectivity index (χ0v) is 14.1. The number of nitrogens with zero attached hydrogens (tertiary/aromatic N) is 1. The summed E-state index contributed by atoms with van der Waals surface area (Å²) in [5.41, 5.74) is 6.71. The van der Waals surface area contributed by atoms with Crippen molar-refractivity contribution in [1.82, 2.24) is 10.2 Å². The van der Waals surface area contributed by atoms with Crippen LogP contribution in [0.2, 0.25) is 0 Å². The highest BCUT2D eigenvalue weighted by atomic mass is 19.1. The Morgan fingerprint density at radius 3 is 2.50 bits per heavy atom. The van der Waals surface area contributed by atoms with Crippen LogP contribution >= 0.6 is 0 Å². The van der Waals surface area contributed by atoms with Crippen LogP contribution in [0, 0.1) is 5.82 Å². The number of benzene rings is 2. The summed E-state index contributed by atoms with van der Waals surface area (Å²) in [5, 5.41) is 2.17. The molecule has 3 N–H and O–H groups in total. The summed E-state index contributed by atoms with van der Waals surface area (Å²) < 4.78 is 19.0. The second-order valence-electron chi connectivity index (χ2n) is 6.07. The molecule has 1 heterocycles. The predicted octanol–water partition coefficient (Wildman–Crippen LogP) is 2.14. The fraction of sp³-hybridized carbons (Fsp3) is 0.263. The molecule has 1 aliphatic heterocycles. The smallest absolute Gasteiger partial charge is 0.318 e. The number of halogens is 1. The number of urea groups is 1. The van der Waals surface area contributed by atoms with Crippen LogP contribution in [0.4, 0.5) is 9.18 Å². The normalized spacial score (nSPS) is 18.9. The molecule has 3 rings (SSSR count). The van der Waals surface area contributed by atoms with Gasteiger partial charge in [-0.25, -0.2) is 9.18 Å². The monoisotopic (exact) mass is 357 g/mol. The maximum atomic E-state index is 13.2.